The summed E-state index contributed by atoms with van der Waals surface area (Å²) in [6, 6.07) is 14.9. The van der Waals surface area contributed by atoms with Crippen LogP contribution in [-0.4, -0.2) is 39.3 Å². The fourth-order valence-electron chi connectivity index (χ4n) is 3.17. The molecule has 138 valence electrons. The zero-order valence-corrected chi connectivity index (χ0v) is 14.8. The lowest BCUT2D eigenvalue weighted by molar-refractivity contribution is -0.142. The molecule has 0 saturated carbocycles. The van der Waals surface area contributed by atoms with Gasteiger partial charge in [0.25, 0.3) is 11.7 Å². The molecule has 1 aliphatic rings. The van der Waals surface area contributed by atoms with Crippen molar-refractivity contribution < 1.29 is 24.6 Å². The van der Waals surface area contributed by atoms with E-state index >= 15 is 0 Å². The van der Waals surface area contributed by atoms with Crippen LogP contribution in [0.15, 0.2) is 60.2 Å². The van der Waals surface area contributed by atoms with E-state index in [1.54, 1.807) is 42.5 Å². The predicted octanol–water partition coefficient (Wildman–Crippen LogP) is 2.89. The van der Waals surface area contributed by atoms with Gasteiger partial charge < -0.3 is 15.1 Å². The SMILES string of the molecule is Cc1ccc([C@@H]2/C(=C(\O)c3ccccc3)C(=O)C(=O)N2CCC(=O)O)cc1. The van der Waals surface area contributed by atoms with Crippen molar-refractivity contribution in [2.45, 2.75) is 19.4 Å². The van der Waals surface area contributed by atoms with Crippen molar-refractivity contribution in [1.29, 1.82) is 0 Å². The number of ketones is 1. The molecule has 0 aliphatic carbocycles. The summed E-state index contributed by atoms with van der Waals surface area (Å²) in [6.45, 7) is 1.79. The van der Waals surface area contributed by atoms with E-state index in [2.05, 4.69) is 0 Å². The van der Waals surface area contributed by atoms with Crippen LogP contribution in [0.3, 0.4) is 0 Å². The van der Waals surface area contributed by atoms with E-state index in [0.29, 0.717) is 11.1 Å². The first-order valence-corrected chi connectivity index (χ1v) is 8.52. The highest BCUT2D eigenvalue weighted by molar-refractivity contribution is 6.46. The summed E-state index contributed by atoms with van der Waals surface area (Å²) >= 11 is 0. The van der Waals surface area contributed by atoms with Crippen LogP contribution in [0.4, 0.5) is 0 Å². The van der Waals surface area contributed by atoms with Gasteiger partial charge in [-0.3, -0.25) is 14.4 Å². The van der Waals surface area contributed by atoms with Gasteiger partial charge in [-0.05, 0) is 12.5 Å². The van der Waals surface area contributed by atoms with E-state index in [1.165, 1.54) is 4.90 Å². The van der Waals surface area contributed by atoms with E-state index < -0.39 is 23.7 Å². The predicted molar refractivity (Wildman–Crippen MR) is 98.9 cm³/mol. The fourth-order valence-corrected chi connectivity index (χ4v) is 3.17. The Labute approximate surface area is 156 Å². The summed E-state index contributed by atoms with van der Waals surface area (Å²) in [7, 11) is 0. The van der Waals surface area contributed by atoms with Gasteiger partial charge in [-0.25, -0.2) is 0 Å². The van der Waals surface area contributed by atoms with E-state index in [-0.39, 0.29) is 24.3 Å². The second-order valence-electron chi connectivity index (χ2n) is 6.41. The molecule has 1 heterocycles. The lowest BCUT2D eigenvalue weighted by atomic mass is 9.94. The average molecular weight is 365 g/mol. The van der Waals surface area contributed by atoms with E-state index in [9.17, 15) is 19.5 Å². The van der Waals surface area contributed by atoms with Gasteiger partial charge in [0.2, 0.25) is 0 Å². The standard InChI is InChI=1S/C21H19NO5/c1-13-7-9-14(10-8-13)18-17(19(25)15-5-3-2-4-6-15)20(26)21(27)22(18)12-11-16(23)24/h2-10,18,25H,11-12H2,1H3,(H,23,24)/b19-17+/t18-/m1/s1. The number of Topliss-reactive ketones (excluding diaryl/α,β-unsaturated/α-hetero) is 1. The van der Waals surface area contributed by atoms with Crippen molar-refractivity contribution in [3.05, 3.63) is 76.9 Å². The van der Waals surface area contributed by atoms with Crippen LogP contribution in [0.2, 0.25) is 0 Å². The van der Waals surface area contributed by atoms with Crippen molar-refractivity contribution in [3.63, 3.8) is 0 Å². The van der Waals surface area contributed by atoms with Crippen LogP contribution in [0.25, 0.3) is 5.76 Å². The minimum atomic E-state index is -1.07. The number of benzene rings is 2. The molecule has 6 nitrogen and oxygen atoms in total. The molecule has 1 atom stereocenters. The van der Waals surface area contributed by atoms with Gasteiger partial charge >= 0.3 is 5.97 Å². The molecule has 2 aromatic rings. The highest BCUT2D eigenvalue weighted by atomic mass is 16.4. The molecule has 27 heavy (non-hydrogen) atoms. The Kier molecular flexibility index (Phi) is 5.07. The van der Waals surface area contributed by atoms with Crippen LogP contribution >= 0.6 is 0 Å². The van der Waals surface area contributed by atoms with Gasteiger partial charge in [0.05, 0.1) is 18.0 Å². The molecule has 1 amide bonds. The molecule has 0 radical (unpaired) electrons. The zero-order valence-electron chi connectivity index (χ0n) is 14.8. The number of aliphatic hydroxyl groups is 1. The molecular formula is C21H19NO5. The minimum Gasteiger partial charge on any atom is -0.507 e. The van der Waals surface area contributed by atoms with E-state index in [1.807, 2.05) is 19.1 Å². The van der Waals surface area contributed by atoms with Gasteiger partial charge in [-0.2, -0.15) is 0 Å². The monoisotopic (exact) mass is 365 g/mol. The maximum Gasteiger partial charge on any atom is 0.305 e. The minimum absolute atomic E-state index is 0.0274. The van der Waals surface area contributed by atoms with Gasteiger partial charge in [0.1, 0.15) is 5.76 Å². The number of hydrogen-bond acceptors (Lipinski definition) is 4. The van der Waals surface area contributed by atoms with E-state index in [0.717, 1.165) is 5.56 Å². The first-order valence-electron chi connectivity index (χ1n) is 8.52. The summed E-state index contributed by atoms with van der Waals surface area (Å²) in [4.78, 5) is 37.4. The van der Waals surface area contributed by atoms with Gasteiger partial charge in [-0.15, -0.1) is 0 Å². The third kappa shape index (κ3) is 3.60. The normalized spacial score (nSPS) is 18.7. The number of carbonyl (C=O) groups excluding carboxylic acids is 2. The maximum atomic E-state index is 12.7. The average Bonchev–Trinajstić information content (AvgIpc) is 2.91. The first-order chi connectivity index (χ1) is 12.9. The van der Waals surface area contributed by atoms with Crippen molar-refractivity contribution >= 4 is 23.4 Å². The topological polar surface area (TPSA) is 94.9 Å². The molecule has 6 heteroatoms. The number of likely N-dealkylation sites (tertiary alicyclic amines) is 1. The number of nitrogens with zero attached hydrogens (tertiary/aromatic N) is 1. The van der Waals surface area contributed by atoms with Crippen LogP contribution in [0, 0.1) is 6.92 Å². The largest absolute Gasteiger partial charge is 0.507 e. The van der Waals surface area contributed by atoms with Crippen molar-refractivity contribution in [3.8, 4) is 0 Å². The highest BCUT2D eigenvalue weighted by Gasteiger charge is 2.45. The molecule has 0 unspecified atom stereocenters. The Morgan fingerprint density at radius 1 is 1.00 bits per heavy atom. The molecule has 1 saturated heterocycles. The number of carboxylic acids is 1. The summed E-state index contributed by atoms with van der Waals surface area (Å²) < 4.78 is 0. The molecule has 1 aliphatic heterocycles. The maximum absolute atomic E-state index is 12.7. The molecule has 2 N–H and O–H groups in total. The third-order valence-corrected chi connectivity index (χ3v) is 4.55. The number of aliphatic carboxylic acids is 1. The second kappa shape index (κ2) is 7.45. The summed E-state index contributed by atoms with van der Waals surface area (Å²) in [5.74, 6) is -2.95. The molecule has 0 spiro atoms. The number of aryl methyl sites for hydroxylation is 1. The van der Waals surface area contributed by atoms with Crippen LogP contribution in [0.5, 0.6) is 0 Å². The number of amides is 1. The lowest BCUT2D eigenvalue weighted by Crippen LogP contribution is -2.31. The Balaban J connectivity index is 2.14. The molecule has 0 bridgehead atoms. The Morgan fingerprint density at radius 2 is 1.63 bits per heavy atom. The Bertz CT molecular complexity index is 915. The van der Waals surface area contributed by atoms with E-state index in [4.69, 9.17) is 5.11 Å². The van der Waals surface area contributed by atoms with Gasteiger partial charge in [0, 0.05) is 12.1 Å². The zero-order chi connectivity index (χ0) is 19.6. The molecule has 2 aromatic carbocycles. The summed E-state index contributed by atoms with van der Waals surface area (Å²) in [6.07, 6.45) is -0.291. The Hall–Kier alpha value is -3.41. The quantitative estimate of drug-likeness (QED) is 0.483. The number of aliphatic hydroxyl groups excluding tert-OH is 1. The number of carbonyl (C=O) groups is 3. The number of rotatable bonds is 5. The van der Waals surface area contributed by atoms with Crippen molar-refractivity contribution in [2.24, 2.45) is 0 Å². The molecule has 1 fully saturated rings. The molecule has 3 rings (SSSR count). The Morgan fingerprint density at radius 3 is 2.22 bits per heavy atom. The van der Waals surface area contributed by atoms with Gasteiger partial charge in [0.15, 0.2) is 0 Å². The fraction of sp³-hybridized carbons (Fsp3) is 0.190. The smallest absolute Gasteiger partial charge is 0.305 e. The van der Waals surface area contributed by atoms with Gasteiger partial charge in [-0.1, -0.05) is 60.2 Å². The summed E-state index contributed by atoms with van der Waals surface area (Å²) in [5.41, 5.74) is 2.04. The summed E-state index contributed by atoms with van der Waals surface area (Å²) in [5, 5.41) is 19.7. The van der Waals surface area contributed by atoms with Crippen molar-refractivity contribution in [1.82, 2.24) is 4.90 Å². The number of carboxylic acid groups (broad SMARTS) is 1. The van der Waals surface area contributed by atoms with Crippen LogP contribution in [-0.2, 0) is 14.4 Å². The van der Waals surface area contributed by atoms with Crippen molar-refractivity contribution in [2.75, 3.05) is 6.54 Å². The highest BCUT2D eigenvalue weighted by Crippen LogP contribution is 2.39. The number of hydrogen-bond donors (Lipinski definition) is 2. The second-order valence-corrected chi connectivity index (χ2v) is 6.41. The van der Waals surface area contributed by atoms with Crippen LogP contribution < -0.4 is 0 Å². The first kappa shape index (κ1) is 18.4. The lowest BCUT2D eigenvalue weighted by Gasteiger charge is -2.24. The third-order valence-electron chi connectivity index (χ3n) is 4.55. The molecule has 0 aromatic heterocycles. The van der Waals surface area contributed by atoms with Crippen LogP contribution in [0.1, 0.15) is 29.2 Å². The molecular weight excluding hydrogens is 346 g/mol.